The number of fused-ring (bicyclic) bond motifs is 1. The van der Waals surface area contributed by atoms with Gasteiger partial charge in [-0.25, -0.2) is 0 Å². The molecule has 0 amide bonds. The van der Waals surface area contributed by atoms with Crippen LogP contribution in [-0.2, 0) is 11.3 Å². The van der Waals surface area contributed by atoms with Crippen LogP contribution < -0.4 is 15.9 Å². The zero-order valence-corrected chi connectivity index (χ0v) is 12.9. The summed E-state index contributed by atoms with van der Waals surface area (Å²) in [5.41, 5.74) is 1.06. The number of hydrogen-bond donors (Lipinski definition) is 1. The van der Waals surface area contributed by atoms with Gasteiger partial charge < -0.3 is 19.7 Å². The molecular weight excluding hydrogens is 335 g/mol. The Bertz CT molecular complexity index is 940. The van der Waals surface area contributed by atoms with Crippen LogP contribution in [0.25, 0.3) is 17.6 Å². The zero-order valence-electron chi connectivity index (χ0n) is 12.9. The largest absolute Gasteiger partial charge is 0.873 e. The molecule has 0 aliphatic heterocycles. The van der Waals surface area contributed by atoms with E-state index in [0.29, 0.717) is 5.56 Å². The molecule has 0 saturated heterocycles. The summed E-state index contributed by atoms with van der Waals surface area (Å²) < 4.78 is 48.0. The molecule has 130 valence electrons. The fraction of sp³-hybridized carbons (Fsp3) is 0.167. The van der Waals surface area contributed by atoms with Crippen molar-refractivity contribution in [3.05, 3.63) is 64.4 Å². The molecule has 1 aromatic heterocycles. The summed E-state index contributed by atoms with van der Waals surface area (Å²) in [6.07, 6.45) is -3.45. The Labute approximate surface area is 140 Å². The Hall–Kier alpha value is -2.96. The SMILES string of the molecule is N=C1C=C(OCc2ccccc2)c2cc(=C([O-])CC(F)(F)F)oc2=C1. The topological polar surface area (TPSA) is 69.3 Å². The first-order valence-corrected chi connectivity index (χ1v) is 7.38. The molecule has 1 N–H and O–H groups in total. The van der Waals surface area contributed by atoms with Gasteiger partial charge in [0.05, 0.1) is 17.7 Å². The first kappa shape index (κ1) is 16.9. The standard InChI is InChI=1S/C18H14F3NO3/c19-18(20,21)9-14(23)17-8-13-15(6-12(22)7-16(13)25-17)24-10-11-4-2-1-3-5-11/h1-8,22-23H,9-10H2/p-1. The number of halogens is 3. The van der Waals surface area contributed by atoms with Gasteiger partial charge in [0.1, 0.15) is 23.2 Å². The van der Waals surface area contributed by atoms with Crippen molar-refractivity contribution in [3.8, 4) is 0 Å². The van der Waals surface area contributed by atoms with E-state index in [1.54, 1.807) is 0 Å². The molecule has 1 heterocycles. The smallest absolute Gasteiger partial charge is 0.392 e. The summed E-state index contributed by atoms with van der Waals surface area (Å²) in [6, 6.07) is 10.5. The maximum atomic E-state index is 12.4. The summed E-state index contributed by atoms with van der Waals surface area (Å²) in [5.74, 6) is -0.884. The monoisotopic (exact) mass is 348 g/mol. The van der Waals surface area contributed by atoms with Crippen molar-refractivity contribution in [1.29, 1.82) is 5.41 Å². The van der Waals surface area contributed by atoms with Crippen molar-refractivity contribution in [2.24, 2.45) is 0 Å². The van der Waals surface area contributed by atoms with Crippen LogP contribution in [0.3, 0.4) is 0 Å². The molecule has 1 aliphatic rings. The third kappa shape index (κ3) is 4.12. The highest BCUT2D eigenvalue weighted by atomic mass is 19.4. The van der Waals surface area contributed by atoms with E-state index in [4.69, 9.17) is 14.6 Å². The van der Waals surface area contributed by atoms with Crippen molar-refractivity contribution < 1.29 is 27.4 Å². The van der Waals surface area contributed by atoms with Crippen LogP contribution in [0, 0.1) is 5.41 Å². The van der Waals surface area contributed by atoms with Gasteiger partial charge in [0.2, 0.25) is 0 Å². The molecule has 0 saturated carbocycles. The summed E-state index contributed by atoms with van der Waals surface area (Å²) in [4.78, 5) is 0. The molecule has 0 radical (unpaired) electrons. The predicted molar refractivity (Wildman–Crippen MR) is 83.4 cm³/mol. The van der Waals surface area contributed by atoms with Crippen LogP contribution in [0.5, 0.6) is 0 Å². The molecule has 1 aromatic carbocycles. The fourth-order valence-electron chi connectivity index (χ4n) is 2.37. The molecule has 3 rings (SSSR count). The van der Waals surface area contributed by atoms with Gasteiger partial charge in [-0.1, -0.05) is 36.1 Å². The lowest BCUT2D eigenvalue weighted by atomic mass is 10.1. The minimum atomic E-state index is -4.61. The number of hydrogen-bond acceptors (Lipinski definition) is 4. The van der Waals surface area contributed by atoms with Gasteiger partial charge in [0.15, 0.2) is 0 Å². The lowest BCUT2D eigenvalue weighted by molar-refractivity contribution is -0.267. The maximum absolute atomic E-state index is 12.4. The molecule has 1 aliphatic carbocycles. The van der Waals surface area contributed by atoms with Crippen molar-refractivity contribution in [1.82, 2.24) is 0 Å². The van der Waals surface area contributed by atoms with Crippen molar-refractivity contribution in [3.63, 3.8) is 0 Å². The van der Waals surface area contributed by atoms with Crippen LogP contribution in [0.2, 0.25) is 0 Å². The molecule has 25 heavy (non-hydrogen) atoms. The Morgan fingerprint density at radius 3 is 2.56 bits per heavy atom. The van der Waals surface area contributed by atoms with Gasteiger partial charge in [-0.15, -0.1) is 0 Å². The second-order valence-electron chi connectivity index (χ2n) is 5.49. The quantitative estimate of drug-likeness (QED) is 0.920. The molecule has 0 atom stereocenters. The minimum absolute atomic E-state index is 0.0692. The summed E-state index contributed by atoms with van der Waals surface area (Å²) in [6.45, 7) is 0.219. The van der Waals surface area contributed by atoms with Crippen LogP contribution in [-0.4, -0.2) is 11.9 Å². The van der Waals surface area contributed by atoms with E-state index in [-0.39, 0.29) is 23.5 Å². The number of rotatable bonds is 4. The van der Waals surface area contributed by atoms with Crippen LogP contribution >= 0.6 is 0 Å². The van der Waals surface area contributed by atoms with Crippen molar-refractivity contribution >= 4 is 23.3 Å². The summed E-state index contributed by atoms with van der Waals surface area (Å²) in [5, 5.41) is 19.5. The molecule has 0 spiro atoms. The second kappa shape index (κ2) is 6.51. The van der Waals surface area contributed by atoms with Crippen LogP contribution in [0.15, 0.2) is 46.9 Å². The van der Waals surface area contributed by atoms with Crippen LogP contribution in [0.4, 0.5) is 13.2 Å². The fourth-order valence-corrected chi connectivity index (χ4v) is 2.37. The zero-order chi connectivity index (χ0) is 18.0. The van der Waals surface area contributed by atoms with E-state index in [1.807, 2.05) is 30.3 Å². The summed E-state index contributed by atoms with van der Waals surface area (Å²) >= 11 is 0. The lowest BCUT2D eigenvalue weighted by Gasteiger charge is -2.12. The predicted octanol–water partition coefficient (Wildman–Crippen LogP) is 2.07. The first-order valence-electron chi connectivity index (χ1n) is 7.38. The number of furan rings is 1. The molecule has 0 unspecified atom stereocenters. The number of nitrogens with one attached hydrogen (secondary N) is 1. The highest BCUT2D eigenvalue weighted by molar-refractivity contribution is 6.19. The third-order valence-corrected chi connectivity index (χ3v) is 3.47. The maximum Gasteiger partial charge on any atom is 0.392 e. The number of benzene rings is 1. The van der Waals surface area contributed by atoms with Gasteiger partial charge in [-0.05, 0) is 11.6 Å². The minimum Gasteiger partial charge on any atom is -0.873 e. The van der Waals surface area contributed by atoms with Crippen molar-refractivity contribution in [2.75, 3.05) is 0 Å². The van der Waals surface area contributed by atoms with E-state index in [0.717, 1.165) is 5.56 Å². The van der Waals surface area contributed by atoms with E-state index in [9.17, 15) is 18.3 Å². The molecule has 0 bridgehead atoms. The normalized spacial score (nSPS) is 15.2. The first-order chi connectivity index (χ1) is 11.8. The van der Waals surface area contributed by atoms with E-state index >= 15 is 0 Å². The molecular formula is C18H13F3NO3-. The van der Waals surface area contributed by atoms with E-state index in [2.05, 4.69) is 0 Å². The molecule has 0 fully saturated rings. The second-order valence-corrected chi connectivity index (χ2v) is 5.49. The average molecular weight is 348 g/mol. The van der Waals surface area contributed by atoms with Crippen LogP contribution in [0.1, 0.15) is 17.5 Å². The Kier molecular flexibility index (Phi) is 4.39. The number of allylic oxidation sites excluding steroid dienone is 1. The highest BCUT2D eigenvalue weighted by Gasteiger charge is 2.26. The number of ether oxygens (including phenoxy) is 1. The van der Waals surface area contributed by atoms with E-state index in [1.165, 1.54) is 18.2 Å². The molecule has 2 aromatic rings. The van der Waals surface area contributed by atoms with Crippen molar-refractivity contribution in [2.45, 2.75) is 19.2 Å². The third-order valence-electron chi connectivity index (χ3n) is 3.47. The van der Waals surface area contributed by atoms with Gasteiger partial charge >= 0.3 is 6.18 Å². The highest BCUT2D eigenvalue weighted by Crippen LogP contribution is 2.22. The number of alkyl halides is 3. The lowest BCUT2D eigenvalue weighted by Crippen LogP contribution is -2.21. The molecule has 7 heteroatoms. The average Bonchev–Trinajstić information content (AvgIpc) is 2.96. The Morgan fingerprint density at radius 2 is 1.88 bits per heavy atom. The molecule has 4 nitrogen and oxygen atoms in total. The summed E-state index contributed by atoms with van der Waals surface area (Å²) in [7, 11) is 0. The van der Waals surface area contributed by atoms with Gasteiger partial charge in [-0.2, -0.15) is 13.2 Å². The van der Waals surface area contributed by atoms with Gasteiger partial charge in [0.25, 0.3) is 0 Å². The van der Waals surface area contributed by atoms with Gasteiger partial charge in [0, 0.05) is 12.2 Å². The van der Waals surface area contributed by atoms with Gasteiger partial charge in [-0.3, -0.25) is 0 Å². The Morgan fingerprint density at radius 1 is 1.16 bits per heavy atom. The Balaban J connectivity index is 1.91. The van der Waals surface area contributed by atoms with E-state index < -0.39 is 23.8 Å².